The van der Waals surface area contributed by atoms with Gasteiger partial charge in [-0.15, -0.1) is 5.10 Å². The maximum Gasteiger partial charge on any atom is 0.265 e. The molecule has 0 aliphatic carbocycles. The van der Waals surface area contributed by atoms with Crippen LogP contribution >= 0.6 is 11.5 Å². The molecule has 2 atom stereocenters. The van der Waals surface area contributed by atoms with Crippen LogP contribution in [0.15, 0.2) is 0 Å². The molecule has 1 fully saturated rings. The molecule has 6 heteroatoms. The van der Waals surface area contributed by atoms with Gasteiger partial charge in [-0.05, 0) is 37.7 Å². The Labute approximate surface area is 105 Å². The van der Waals surface area contributed by atoms with Gasteiger partial charge in [0.15, 0.2) is 0 Å². The molecule has 0 saturated carbocycles. The third-order valence-electron chi connectivity index (χ3n) is 2.98. The summed E-state index contributed by atoms with van der Waals surface area (Å²) in [6, 6.07) is 0.0387. The molecule has 0 aromatic carbocycles. The first-order chi connectivity index (χ1) is 8.22. The predicted molar refractivity (Wildman–Crippen MR) is 65.2 cm³/mol. The zero-order chi connectivity index (χ0) is 12.3. The summed E-state index contributed by atoms with van der Waals surface area (Å²) < 4.78 is 9.37. The summed E-state index contributed by atoms with van der Waals surface area (Å²) in [4.78, 5) is 12.6. The van der Waals surface area contributed by atoms with Gasteiger partial charge in [-0.2, -0.15) is 0 Å². The van der Waals surface area contributed by atoms with Gasteiger partial charge in [-0.1, -0.05) is 11.4 Å². The standard InChI is InChI=1S/C11H17N3O2S/c1-3-8-10(17-14-13-8)11(15)12-7(2)9-5-4-6-16-9/h7,9H,3-6H2,1-2H3,(H,12,15)/t7-,9-/m1/s1. The normalized spacial score (nSPS) is 21.4. The molecular weight excluding hydrogens is 238 g/mol. The SMILES string of the molecule is CCc1nnsc1C(=O)N[C@H](C)[C@H]1CCCO1. The Morgan fingerprint density at radius 3 is 3.18 bits per heavy atom. The number of nitrogens with one attached hydrogen (secondary N) is 1. The molecule has 1 aromatic heterocycles. The first kappa shape index (κ1) is 12.4. The lowest BCUT2D eigenvalue weighted by Gasteiger charge is -2.19. The van der Waals surface area contributed by atoms with Crippen LogP contribution in [0.1, 0.15) is 42.1 Å². The van der Waals surface area contributed by atoms with Gasteiger partial charge in [0.1, 0.15) is 4.88 Å². The Morgan fingerprint density at radius 1 is 1.71 bits per heavy atom. The van der Waals surface area contributed by atoms with E-state index in [1.54, 1.807) is 0 Å². The average molecular weight is 255 g/mol. The summed E-state index contributed by atoms with van der Waals surface area (Å²) in [5, 5.41) is 6.90. The molecule has 17 heavy (non-hydrogen) atoms. The van der Waals surface area contributed by atoms with E-state index < -0.39 is 0 Å². The van der Waals surface area contributed by atoms with Gasteiger partial charge in [-0.25, -0.2) is 0 Å². The third-order valence-corrected chi connectivity index (χ3v) is 3.75. The van der Waals surface area contributed by atoms with Crippen LogP contribution < -0.4 is 5.32 Å². The Morgan fingerprint density at radius 2 is 2.53 bits per heavy atom. The lowest BCUT2D eigenvalue weighted by Crippen LogP contribution is -2.40. The number of carbonyl (C=O) groups is 1. The van der Waals surface area contributed by atoms with E-state index in [4.69, 9.17) is 4.74 Å². The summed E-state index contributed by atoms with van der Waals surface area (Å²) >= 11 is 1.15. The highest BCUT2D eigenvalue weighted by Gasteiger charge is 2.25. The molecule has 1 aliphatic rings. The van der Waals surface area contributed by atoms with E-state index in [1.807, 2.05) is 13.8 Å². The Bertz CT molecular complexity index is 388. The van der Waals surface area contributed by atoms with Gasteiger partial charge >= 0.3 is 0 Å². The van der Waals surface area contributed by atoms with Gasteiger partial charge in [0.2, 0.25) is 0 Å². The number of aromatic nitrogens is 2. The van der Waals surface area contributed by atoms with Crippen LogP contribution in [0.5, 0.6) is 0 Å². The van der Waals surface area contributed by atoms with Crippen molar-refractivity contribution >= 4 is 17.4 Å². The number of rotatable bonds is 4. The number of aryl methyl sites for hydroxylation is 1. The average Bonchev–Trinajstić information content (AvgIpc) is 2.99. The Balaban J connectivity index is 1.96. The maximum atomic E-state index is 12.0. The van der Waals surface area contributed by atoms with Crippen molar-refractivity contribution in [2.45, 2.75) is 45.3 Å². The van der Waals surface area contributed by atoms with E-state index in [0.29, 0.717) is 4.88 Å². The molecule has 2 rings (SSSR count). The molecule has 1 N–H and O–H groups in total. The fraction of sp³-hybridized carbons (Fsp3) is 0.727. The van der Waals surface area contributed by atoms with Crippen molar-refractivity contribution in [3.63, 3.8) is 0 Å². The van der Waals surface area contributed by atoms with Crippen molar-refractivity contribution in [3.05, 3.63) is 10.6 Å². The number of hydrogen-bond acceptors (Lipinski definition) is 5. The Kier molecular flexibility index (Phi) is 4.06. The second-order valence-corrected chi connectivity index (χ2v) is 4.97. The fourth-order valence-corrected chi connectivity index (χ4v) is 2.63. The van der Waals surface area contributed by atoms with Crippen molar-refractivity contribution < 1.29 is 9.53 Å². The molecule has 0 bridgehead atoms. The number of hydrogen-bond donors (Lipinski definition) is 1. The Hall–Kier alpha value is -1.01. The molecule has 2 heterocycles. The summed E-state index contributed by atoms with van der Waals surface area (Å²) in [5.41, 5.74) is 0.770. The molecule has 94 valence electrons. The van der Waals surface area contributed by atoms with E-state index in [1.165, 1.54) is 0 Å². The fourth-order valence-electron chi connectivity index (χ4n) is 1.97. The smallest absolute Gasteiger partial charge is 0.265 e. The van der Waals surface area contributed by atoms with E-state index in [2.05, 4.69) is 14.9 Å². The van der Waals surface area contributed by atoms with Crippen LogP contribution in [0.25, 0.3) is 0 Å². The molecule has 0 spiro atoms. The van der Waals surface area contributed by atoms with E-state index in [-0.39, 0.29) is 18.1 Å². The monoisotopic (exact) mass is 255 g/mol. The lowest BCUT2D eigenvalue weighted by molar-refractivity contribution is 0.0714. The molecule has 0 radical (unpaired) electrons. The molecule has 1 amide bonds. The number of ether oxygens (including phenoxy) is 1. The van der Waals surface area contributed by atoms with E-state index in [9.17, 15) is 4.79 Å². The third kappa shape index (κ3) is 2.81. The second-order valence-electron chi connectivity index (χ2n) is 4.22. The summed E-state index contributed by atoms with van der Waals surface area (Å²) in [5.74, 6) is -0.0835. The quantitative estimate of drug-likeness (QED) is 0.883. The van der Waals surface area contributed by atoms with E-state index in [0.717, 1.165) is 43.1 Å². The summed E-state index contributed by atoms with van der Waals surface area (Å²) in [6.07, 6.45) is 2.97. The van der Waals surface area contributed by atoms with Gasteiger partial charge < -0.3 is 10.1 Å². The van der Waals surface area contributed by atoms with Crippen LogP contribution in [0.4, 0.5) is 0 Å². The minimum absolute atomic E-state index is 0.0387. The number of amides is 1. The predicted octanol–water partition coefficient (Wildman–Crippen LogP) is 1.40. The van der Waals surface area contributed by atoms with Crippen molar-refractivity contribution in [2.75, 3.05) is 6.61 Å². The first-order valence-corrected chi connectivity index (χ1v) is 6.73. The van der Waals surface area contributed by atoms with Crippen molar-refractivity contribution in [2.24, 2.45) is 0 Å². The largest absolute Gasteiger partial charge is 0.376 e. The van der Waals surface area contributed by atoms with Gasteiger partial charge in [0.25, 0.3) is 5.91 Å². The van der Waals surface area contributed by atoms with Crippen LogP contribution in [-0.4, -0.2) is 34.2 Å². The second kappa shape index (κ2) is 5.55. The van der Waals surface area contributed by atoms with Gasteiger partial charge in [-0.3, -0.25) is 4.79 Å². The minimum Gasteiger partial charge on any atom is -0.376 e. The summed E-state index contributed by atoms with van der Waals surface area (Å²) in [6.45, 7) is 4.75. The van der Waals surface area contributed by atoms with Crippen LogP contribution in [0, 0.1) is 0 Å². The number of nitrogens with zero attached hydrogens (tertiary/aromatic N) is 2. The van der Waals surface area contributed by atoms with E-state index >= 15 is 0 Å². The molecule has 1 saturated heterocycles. The maximum absolute atomic E-state index is 12.0. The topological polar surface area (TPSA) is 64.1 Å². The van der Waals surface area contributed by atoms with Crippen LogP contribution in [0.2, 0.25) is 0 Å². The van der Waals surface area contributed by atoms with Gasteiger partial charge in [0.05, 0.1) is 17.8 Å². The van der Waals surface area contributed by atoms with Crippen molar-refractivity contribution in [1.29, 1.82) is 0 Å². The zero-order valence-corrected chi connectivity index (χ0v) is 10.9. The highest BCUT2D eigenvalue weighted by molar-refractivity contribution is 7.08. The highest BCUT2D eigenvalue weighted by Crippen LogP contribution is 2.17. The number of carbonyl (C=O) groups excluding carboxylic acids is 1. The first-order valence-electron chi connectivity index (χ1n) is 5.96. The minimum atomic E-state index is -0.0835. The summed E-state index contributed by atoms with van der Waals surface area (Å²) in [7, 11) is 0. The molecular formula is C11H17N3O2S. The van der Waals surface area contributed by atoms with Crippen molar-refractivity contribution in [1.82, 2.24) is 14.9 Å². The highest BCUT2D eigenvalue weighted by atomic mass is 32.1. The molecule has 0 unspecified atom stereocenters. The van der Waals surface area contributed by atoms with Crippen LogP contribution in [-0.2, 0) is 11.2 Å². The van der Waals surface area contributed by atoms with Crippen molar-refractivity contribution in [3.8, 4) is 0 Å². The van der Waals surface area contributed by atoms with Gasteiger partial charge in [0, 0.05) is 6.61 Å². The lowest BCUT2D eigenvalue weighted by atomic mass is 10.1. The molecule has 1 aromatic rings. The molecule has 5 nitrogen and oxygen atoms in total. The van der Waals surface area contributed by atoms with Crippen LogP contribution in [0.3, 0.4) is 0 Å². The molecule has 1 aliphatic heterocycles. The zero-order valence-electron chi connectivity index (χ0n) is 10.1.